The molecule has 0 saturated carbocycles. The minimum absolute atomic E-state index is 0.878. The first-order valence-corrected chi connectivity index (χ1v) is 6.23. The summed E-state index contributed by atoms with van der Waals surface area (Å²) in [6.07, 6.45) is 2.81. The highest BCUT2D eigenvalue weighted by Gasteiger charge is 2.15. The van der Waals surface area contributed by atoms with Crippen molar-refractivity contribution in [2.45, 2.75) is 26.7 Å². The van der Waals surface area contributed by atoms with E-state index in [9.17, 15) is 0 Å². The van der Waals surface area contributed by atoms with Crippen LogP contribution < -0.4 is 5.32 Å². The summed E-state index contributed by atoms with van der Waals surface area (Å²) in [7, 11) is 0. The maximum absolute atomic E-state index is 3.31. The minimum Gasteiger partial charge on any atom is -0.316 e. The Bertz CT molecular complexity index is 110. The van der Waals surface area contributed by atoms with Crippen LogP contribution >= 0.6 is 11.8 Å². The zero-order valence-electron chi connectivity index (χ0n) is 8.31. The van der Waals surface area contributed by atoms with E-state index in [0.29, 0.717) is 0 Å². The van der Waals surface area contributed by atoms with Crippen LogP contribution in [0.1, 0.15) is 26.7 Å². The van der Waals surface area contributed by atoms with Gasteiger partial charge in [-0.1, -0.05) is 13.8 Å². The molecule has 1 aliphatic heterocycles. The molecule has 2 heteroatoms. The van der Waals surface area contributed by atoms with E-state index in [2.05, 4.69) is 30.9 Å². The number of nitrogens with one attached hydrogen (secondary N) is 1. The maximum atomic E-state index is 3.31. The number of hydrogen-bond acceptors (Lipinski definition) is 2. The molecule has 1 nitrogen and oxygen atoms in total. The van der Waals surface area contributed by atoms with Gasteiger partial charge in [0, 0.05) is 0 Å². The summed E-state index contributed by atoms with van der Waals surface area (Å²) >= 11 is 2.13. The standard InChI is InChI=1S/C10H21NS/c1-9(2)3-5-12-6-4-10-7-11-8-10/h9-11H,3-8H2,1-2H3. The van der Waals surface area contributed by atoms with Crippen molar-refractivity contribution in [3.63, 3.8) is 0 Å². The zero-order valence-corrected chi connectivity index (χ0v) is 9.12. The lowest BCUT2D eigenvalue weighted by molar-refractivity contribution is 0.341. The minimum atomic E-state index is 0.878. The highest BCUT2D eigenvalue weighted by atomic mass is 32.2. The summed E-state index contributed by atoms with van der Waals surface area (Å²) in [6.45, 7) is 7.14. The first-order chi connectivity index (χ1) is 5.79. The van der Waals surface area contributed by atoms with Crippen LogP contribution in [0, 0.1) is 11.8 Å². The molecule has 0 unspecified atom stereocenters. The Morgan fingerprint density at radius 1 is 1.33 bits per heavy atom. The van der Waals surface area contributed by atoms with E-state index < -0.39 is 0 Å². The molecule has 0 spiro atoms. The molecule has 0 amide bonds. The Morgan fingerprint density at radius 3 is 2.58 bits per heavy atom. The van der Waals surface area contributed by atoms with Crippen molar-refractivity contribution >= 4 is 11.8 Å². The molecule has 1 rings (SSSR count). The lowest BCUT2D eigenvalue weighted by Crippen LogP contribution is -2.42. The van der Waals surface area contributed by atoms with Gasteiger partial charge in [0.15, 0.2) is 0 Å². The smallest absolute Gasteiger partial charge is 0.000796 e. The van der Waals surface area contributed by atoms with E-state index in [0.717, 1.165) is 11.8 Å². The fraction of sp³-hybridized carbons (Fsp3) is 1.00. The SMILES string of the molecule is CC(C)CCSCCC1CNC1. The molecule has 0 radical (unpaired) electrons. The van der Waals surface area contributed by atoms with Crippen LogP contribution in [-0.4, -0.2) is 24.6 Å². The molecule has 0 aromatic heterocycles. The highest BCUT2D eigenvalue weighted by Crippen LogP contribution is 2.15. The second-order valence-corrected chi connectivity index (χ2v) is 5.33. The normalized spacial score (nSPS) is 18.2. The largest absolute Gasteiger partial charge is 0.316 e. The molecule has 0 aliphatic carbocycles. The van der Waals surface area contributed by atoms with Crippen LogP contribution in [0.15, 0.2) is 0 Å². The second kappa shape index (κ2) is 5.87. The Kier molecular flexibility index (Phi) is 5.08. The van der Waals surface area contributed by atoms with Gasteiger partial charge in [0.2, 0.25) is 0 Å². The van der Waals surface area contributed by atoms with Crippen molar-refractivity contribution in [3.8, 4) is 0 Å². The first-order valence-electron chi connectivity index (χ1n) is 5.07. The summed E-state index contributed by atoms with van der Waals surface area (Å²) in [4.78, 5) is 0. The average Bonchev–Trinajstić information content (AvgIpc) is 1.92. The van der Waals surface area contributed by atoms with Gasteiger partial charge in [-0.05, 0) is 49.3 Å². The van der Waals surface area contributed by atoms with Gasteiger partial charge in [0.1, 0.15) is 0 Å². The van der Waals surface area contributed by atoms with E-state index in [1.807, 2.05) is 0 Å². The fourth-order valence-corrected chi connectivity index (χ4v) is 2.57. The Morgan fingerprint density at radius 2 is 2.08 bits per heavy atom. The molecule has 1 fully saturated rings. The molecule has 0 bridgehead atoms. The molecule has 72 valence electrons. The van der Waals surface area contributed by atoms with Gasteiger partial charge < -0.3 is 5.32 Å². The van der Waals surface area contributed by atoms with E-state index in [4.69, 9.17) is 0 Å². The lowest BCUT2D eigenvalue weighted by Gasteiger charge is -2.26. The van der Waals surface area contributed by atoms with Crippen molar-refractivity contribution in [2.24, 2.45) is 11.8 Å². The fourth-order valence-electron chi connectivity index (χ4n) is 1.22. The monoisotopic (exact) mass is 187 g/mol. The van der Waals surface area contributed by atoms with E-state index in [1.165, 1.54) is 37.4 Å². The van der Waals surface area contributed by atoms with Crippen LogP contribution in [-0.2, 0) is 0 Å². The Balaban J connectivity index is 1.76. The van der Waals surface area contributed by atoms with Crippen LogP contribution in [0.4, 0.5) is 0 Å². The predicted molar refractivity (Wildman–Crippen MR) is 57.8 cm³/mol. The van der Waals surface area contributed by atoms with Gasteiger partial charge in [0.25, 0.3) is 0 Å². The molecule has 1 saturated heterocycles. The zero-order chi connectivity index (χ0) is 8.81. The number of hydrogen-bond donors (Lipinski definition) is 1. The van der Waals surface area contributed by atoms with Crippen molar-refractivity contribution in [1.29, 1.82) is 0 Å². The Hall–Kier alpha value is 0.310. The summed E-state index contributed by atoms with van der Waals surface area (Å²) in [5.41, 5.74) is 0. The van der Waals surface area contributed by atoms with Gasteiger partial charge >= 0.3 is 0 Å². The van der Waals surface area contributed by atoms with Crippen LogP contribution in [0.2, 0.25) is 0 Å². The maximum Gasteiger partial charge on any atom is -0.000796 e. The van der Waals surface area contributed by atoms with Crippen molar-refractivity contribution in [2.75, 3.05) is 24.6 Å². The highest BCUT2D eigenvalue weighted by molar-refractivity contribution is 7.99. The molecule has 1 N–H and O–H groups in total. The van der Waals surface area contributed by atoms with Crippen LogP contribution in [0.5, 0.6) is 0 Å². The van der Waals surface area contributed by atoms with Gasteiger partial charge in [-0.3, -0.25) is 0 Å². The average molecular weight is 187 g/mol. The van der Waals surface area contributed by atoms with Crippen molar-refractivity contribution < 1.29 is 0 Å². The third-order valence-corrected chi connectivity index (χ3v) is 3.42. The van der Waals surface area contributed by atoms with Crippen molar-refractivity contribution in [3.05, 3.63) is 0 Å². The Labute approximate surface area is 80.7 Å². The second-order valence-electron chi connectivity index (χ2n) is 4.11. The van der Waals surface area contributed by atoms with Gasteiger partial charge in [0.05, 0.1) is 0 Å². The van der Waals surface area contributed by atoms with Gasteiger partial charge in [-0.2, -0.15) is 11.8 Å². The molecular weight excluding hydrogens is 166 g/mol. The van der Waals surface area contributed by atoms with Gasteiger partial charge in [-0.25, -0.2) is 0 Å². The summed E-state index contributed by atoms with van der Waals surface area (Å²) in [5, 5.41) is 3.31. The van der Waals surface area contributed by atoms with E-state index in [-0.39, 0.29) is 0 Å². The lowest BCUT2D eigenvalue weighted by atomic mass is 10.0. The van der Waals surface area contributed by atoms with Crippen LogP contribution in [0.25, 0.3) is 0 Å². The summed E-state index contributed by atoms with van der Waals surface area (Å²) < 4.78 is 0. The predicted octanol–water partition coefficient (Wildman–Crippen LogP) is 2.38. The molecule has 1 heterocycles. The number of thioether (sulfide) groups is 1. The topological polar surface area (TPSA) is 12.0 Å². The first kappa shape index (κ1) is 10.4. The third kappa shape index (κ3) is 4.36. The van der Waals surface area contributed by atoms with Crippen LogP contribution in [0.3, 0.4) is 0 Å². The number of rotatable bonds is 6. The molecule has 1 aliphatic rings. The quantitative estimate of drug-likeness (QED) is 0.641. The van der Waals surface area contributed by atoms with E-state index in [1.54, 1.807) is 0 Å². The molecule has 0 atom stereocenters. The summed E-state index contributed by atoms with van der Waals surface area (Å²) in [5.74, 6) is 4.61. The molecule has 12 heavy (non-hydrogen) atoms. The third-order valence-electron chi connectivity index (χ3n) is 2.38. The van der Waals surface area contributed by atoms with Gasteiger partial charge in [-0.15, -0.1) is 0 Å². The molecular formula is C10H21NS. The van der Waals surface area contributed by atoms with Crippen molar-refractivity contribution in [1.82, 2.24) is 5.32 Å². The van der Waals surface area contributed by atoms with E-state index >= 15 is 0 Å². The molecule has 0 aromatic rings. The summed E-state index contributed by atoms with van der Waals surface area (Å²) in [6, 6.07) is 0. The molecule has 0 aromatic carbocycles.